The van der Waals surface area contributed by atoms with Crippen LogP contribution in [0.4, 0.5) is 0 Å². The van der Waals surface area contributed by atoms with Crippen LogP contribution in [0, 0.1) is 0 Å². The van der Waals surface area contributed by atoms with Crippen molar-refractivity contribution in [2.45, 2.75) is 13.8 Å². The van der Waals surface area contributed by atoms with Crippen molar-refractivity contribution < 1.29 is 14.3 Å². The van der Waals surface area contributed by atoms with Gasteiger partial charge in [-0.2, -0.15) is 0 Å². The Bertz CT molecular complexity index is 146. The van der Waals surface area contributed by atoms with Crippen molar-refractivity contribution in [3.8, 4) is 0 Å². The van der Waals surface area contributed by atoms with Crippen molar-refractivity contribution in [3.63, 3.8) is 0 Å². The van der Waals surface area contributed by atoms with E-state index in [-0.39, 0.29) is 5.76 Å². The van der Waals surface area contributed by atoms with E-state index in [1.165, 1.54) is 13.0 Å². The number of ether oxygens (including phenoxy) is 1. The minimum Gasteiger partial charge on any atom is -0.424 e. The van der Waals surface area contributed by atoms with E-state index in [9.17, 15) is 9.59 Å². The van der Waals surface area contributed by atoms with Crippen LogP contribution in [0.1, 0.15) is 13.8 Å². The average molecular weight is 128 g/mol. The highest BCUT2D eigenvalue weighted by Crippen LogP contribution is 1.91. The number of esters is 1. The van der Waals surface area contributed by atoms with Gasteiger partial charge in [-0.3, -0.25) is 9.59 Å². The predicted molar refractivity (Wildman–Crippen MR) is 31.6 cm³/mol. The number of allylic oxidation sites excluding steroid dienone is 2. The summed E-state index contributed by atoms with van der Waals surface area (Å²) >= 11 is 0. The van der Waals surface area contributed by atoms with Gasteiger partial charge in [-0.1, -0.05) is 0 Å². The quantitative estimate of drug-likeness (QED) is 0.237. The molecule has 50 valence electrons. The van der Waals surface area contributed by atoms with Gasteiger partial charge >= 0.3 is 5.97 Å². The van der Waals surface area contributed by atoms with Crippen LogP contribution in [0.3, 0.4) is 0 Å². The topological polar surface area (TPSA) is 43.4 Å². The Balaban J connectivity index is 3.86. The van der Waals surface area contributed by atoms with Crippen molar-refractivity contribution in [3.05, 3.63) is 11.8 Å². The van der Waals surface area contributed by atoms with Gasteiger partial charge in [0.05, 0.1) is 0 Å². The minimum atomic E-state index is -0.477. The lowest BCUT2D eigenvalue weighted by atomic mass is 10.5. The lowest BCUT2D eigenvalue weighted by Gasteiger charge is -1.94. The molecule has 3 heteroatoms. The Labute approximate surface area is 53.3 Å². The second kappa shape index (κ2) is 3.83. The monoisotopic (exact) mass is 128 g/mol. The van der Waals surface area contributed by atoms with Gasteiger partial charge in [-0.05, 0) is 13.0 Å². The summed E-state index contributed by atoms with van der Waals surface area (Å²) in [6, 6.07) is 0. The Morgan fingerprint density at radius 1 is 1.56 bits per heavy atom. The van der Waals surface area contributed by atoms with Gasteiger partial charge in [0.15, 0.2) is 12.0 Å². The second-order valence-corrected chi connectivity index (χ2v) is 1.40. The Hall–Kier alpha value is -1.12. The van der Waals surface area contributed by atoms with Gasteiger partial charge < -0.3 is 4.74 Å². The molecule has 0 aliphatic carbocycles. The Morgan fingerprint density at radius 2 is 2.11 bits per heavy atom. The van der Waals surface area contributed by atoms with E-state index in [2.05, 4.69) is 4.74 Å². The molecule has 0 rings (SSSR count). The third-order valence-electron chi connectivity index (χ3n) is 0.662. The van der Waals surface area contributed by atoms with Crippen LogP contribution in [-0.4, -0.2) is 12.3 Å². The summed E-state index contributed by atoms with van der Waals surface area (Å²) < 4.78 is 4.40. The zero-order valence-electron chi connectivity index (χ0n) is 5.38. The fourth-order valence-electron chi connectivity index (χ4n) is 0.317. The van der Waals surface area contributed by atoms with E-state index >= 15 is 0 Å². The lowest BCUT2D eigenvalue weighted by Crippen LogP contribution is -1.98. The predicted octanol–water partition coefficient (Wildman–Crippen LogP) is 0.652. The molecule has 0 radical (unpaired) electrons. The van der Waals surface area contributed by atoms with Crippen molar-refractivity contribution in [1.29, 1.82) is 0 Å². The van der Waals surface area contributed by atoms with Gasteiger partial charge in [0.25, 0.3) is 0 Å². The molecule has 0 aromatic heterocycles. The third kappa shape index (κ3) is 3.46. The van der Waals surface area contributed by atoms with Crippen LogP contribution in [-0.2, 0) is 14.3 Å². The van der Waals surface area contributed by atoms with E-state index in [1.54, 1.807) is 6.92 Å². The summed E-state index contributed by atoms with van der Waals surface area (Å²) in [5.41, 5.74) is 0. The first-order valence-electron chi connectivity index (χ1n) is 2.50. The number of aldehydes is 1. The highest BCUT2D eigenvalue weighted by atomic mass is 16.5. The van der Waals surface area contributed by atoms with Crippen molar-refractivity contribution in [1.82, 2.24) is 0 Å². The van der Waals surface area contributed by atoms with Gasteiger partial charge in [0.2, 0.25) is 0 Å². The summed E-state index contributed by atoms with van der Waals surface area (Å²) in [6.07, 6.45) is 1.91. The zero-order chi connectivity index (χ0) is 7.28. The molecule has 0 atom stereocenters. The van der Waals surface area contributed by atoms with E-state index in [1.807, 2.05) is 0 Å². The molecular formula is C6H8O3. The summed E-state index contributed by atoms with van der Waals surface area (Å²) in [7, 11) is 0. The number of carbonyl (C=O) groups excluding carboxylic acids is 2. The first-order chi connectivity index (χ1) is 4.20. The highest BCUT2D eigenvalue weighted by molar-refractivity contribution is 5.77. The van der Waals surface area contributed by atoms with E-state index in [0.29, 0.717) is 6.29 Å². The number of rotatable bonds is 2. The molecule has 0 saturated carbocycles. The number of carbonyl (C=O) groups is 2. The average Bonchev–Trinajstić information content (AvgIpc) is 1.82. The molecule has 0 N–H and O–H groups in total. The molecule has 0 aromatic carbocycles. The van der Waals surface area contributed by atoms with E-state index in [4.69, 9.17) is 0 Å². The van der Waals surface area contributed by atoms with Crippen molar-refractivity contribution in [2.24, 2.45) is 0 Å². The van der Waals surface area contributed by atoms with Crippen LogP contribution in [0.2, 0.25) is 0 Å². The molecule has 0 spiro atoms. The fraction of sp³-hybridized carbons (Fsp3) is 0.333. The normalized spacial score (nSPS) is 10.7. The number of hydrogen-bond donors (Lipinski definition) is 0. The van der Waals surface area contributed by atoms with Gasteiger partial charge in [-0.25, -0.2) is 0 Å². The largest absolute Gasteiger partial charge is 0.424 e. The standard InChI is InChI=1S/C6H8O3/c1-3-6(4-7)9-5(2)8/h3-4H,1-2H3/b6-3+. The van der Waals surface area contributed by atoms with Crippen LogP contribution in [0.15, 0.2) is 11.8 Å². The summed E-state index contributed by atoms with van der Waals surface area (Å²) in [5.74, 6) is -0.419. The van der Waals surface area contributed by atoms with Gasteiger partial charge in [0.1, 0.15) is 0 Å². The maximum atomic E-state index is 10.1. The summed E-state index contributed by atoms with van der Waals surface area (Å²) in [4.78, 5) is 20.1. The first-order valence-corrected chi connectivity index (χ1v) is 2.50. The molecule has 0 unspecified atom stereocenters. The zero-order valence-corrected chi connectivity index (χ0v) is 5.38. The smallest absolute Gasteiger partial charge is 0.308 e. The maximum absolute atomic E-state index is 10.1. The molecule has 0 aromatic rings. The summed E-state index contributed by atoms with van der Waals surface area (Å²) in [5, 5.41) is 0. The molecule has 9 heavy (non-hydrogen) atoms. The first kappa shape index (κ1) is 7.88. The molecule has 0 aliphatic heterocycles. The maximum Gasteiger partial charge on any atom is 0.308 e. The summed E-state index contributed by atoms with van der Waals surface area (Å²) in [6.45, 7) is 2.86. The van der Waals surface area contributed by atoms with Crippen LogP contribution < -0.4 is 0 Å². The Morgan fingerprint density at radius 3 is 2.22 bits per heavy atom. The molecule has 0 saturated heterocycles. The van der Waals surface area contributed by atoms with E-state index in [0.717, 1.165) is 0 Å². The molecule has 0 bridgehead atoms. The van der Waals surface area contributed by atoms with Crippen LogP contribution in [0.25, 0.3) is 0 Å². The molecule has 0 heterocycles. The highest BCUT2D eigenvalue weighted by Gasteiger charge is 1.95. The second-order valence-electron chi connectivity index (χ2n) is 1.40. The molecule has 0 amide bonds. The van der Waals surface area contributed by atoms with Gasteiger partial charge in [0, 0.05) is 6.92 Å². The van der Waals surface area contributed by atoms with Crippen LogP contribution >= 0.6 is 0 Å². The molecule has 3 nitrogen and oxygen atoms in total. The Kier molecular flexibility index (Phi) is 3.35. The fourth-order valence-corrected chi connectivity index (χ4v) is 0.317. The SMILES string of the molecule is C/C=C(\C=O)OC(C)=O. The molecular weight excluding hydrogens is 120 g/mol. The lowest BCUT2D eigenvalue weighted by molar-refractivity contribution is -0.138. The third-order valence-corrected chi connectivity index (χ3v) is 0.662. The number of hydrogen-bond acceptors (Lipinski definition) is 3. The van der Waals surface area contributed by atoms with E-state index < -0.39 is 5.97 Å². The molecule has 0 aliphatic rings. The minimum absolute atomic E-state index is 0.0579. The van der Waals surface area contributed by atoms with Gasteiger partial charge in [-0.15, -0.1) is 0 Å². The molecule has 0 fully saturated rings. The van der Waals surface area contributed by atoms with Crippen molar-refractivity contribution >= 4 is 12.3 Å². The van der Waals surface area contributed by atoms with Crippen LogP contribution in [0.5, 0.6) is 0 Å². The van der Waals surface area contributed by atoms with Crippen molar-refractivity contribution in [2.75, 3.05) is 0 Å².